The van der Waals surface area contributed by atoms with Crippen molar-refractivity contribution in [3.63, 3.8) is 0 Å². The number of nitrogen functional groups attached to an aromatic ring is 1. The van der Waals surface area contributed by atoms with E-state index in [1.54, 1.807) is 6.20 Å². The van der Waals surface area contributed by atoms with Crippen molar-refractivity contribution in [2.75, 3.05) is 23.2 Å². The Balaban J connectivity index is 1.50. The molecule has 0 spiro atoms. The summed E-state index contributed by atoms with van der Waals surface area (Å²) >= 11 is 0. The van der Waals surface area contributed by atoms with Crippen LogP contribution in [0.4, 0.5) is 23.1 Å². The minimum Gasteiger partial charge on any atom is -0.454 e. The summed E-state index contributed by atoms with van der Waals surface area (Å²) in [4.78, 5) is 12.7. The van der Waals surface area contributed by atoms with Crippen molar-refractivity contribution in [3.8, 4) is 11.5 Å². The highest BCUT2D eigenvalue weighted by Gasteiger charge is 2.14. The van der Waals surface area contributed by atoms with Crippen LogP contribution in [0.15, 0.2) is 42.9 Å². The van der Waals surface area contributed by atoms with Gasteiger partial charge in [-0.05, 0) is 36.2 Å². The van der Waals surface area contributed by atoms with Gasteiger partial charge in [-0.3, -0.25) is 0 Å². The number of hydrogen-bond donors (Lipinski definition) is 3. The summed E-state index contributed by atoms with van der Waals surface area (Å²) in [6.45, 7) is 2.76. The molecule has 1 aliphatic rings. The van der Waals surface area contributed by atoms with Gasteiger partial charge in [-0.15, -0.1) is 0 Å². The predicted octanol–water partition coefficient (Wildman–Crippen LogP) is 2.85. The number of nitrogens with zero attached hydrogens (tertiary/aromatic N) is 3. The molecule has 0 unspecified atom stereocenters. The van der Waals surface area contributed by atoms with E-state index in [9.17, 15) is 0 Å². The van der Waals surface area contributed by atoms with Crippen molar-refractivity contribution >= 4 is 23.1 Å². The second-order valence-corrected chi connectivity index (χ2v) is 5.82. The first-order chi connectivity index (χ1) is 12.7. The van der Waals surface area contributed by atoms with Crippen LogP contribution < -0.4 is 25.8 Å². The van der Waals surface area contributed by atoms with E-state index in [0.29, 0.717) is 29.7 Å². The van der Waals surface area contributed by atoms with Gasteiger partial charge in [0.2, 0.25) is 6.79 Å². The molecule has 0 fully saturated rings. The van der Waals surface area contributed by atoms with Gasteiger partial charge in [0.1, 0.15) is 17.8 Å². The third-order valence-corrected chi connectivity index (χ3v) is 4.03. The molecule has 2 aromatic heterocycles. The minimum atomic E-state index is 0.257. The van der Waals surface area contributed by atoms with Crippen LogP contribution in [0.3, 0.4) is 0 Å². The Morgan fingerprint density at radius 3 is 2.77 bits per heavy atom. The minimum absolute atomic E-state index is 0.257. The third-order valence-electron chi connectivity index (χ3n) is 4.03. The number of aromatic nitrogens is 3. The van der Waals surface area contributed by atoms with Crippen LogP contribution in [0, 0.1) is 6.92 Å². The van der Waals surface area contributed by atoms with E-state index in [-0.39, 0.29) is 6.79 Å². The number of hydrogen-bond acceptors (Lipinski definition) is 8. The zero-order valence-corrected chi connectivity index (χ0v) is 14.2. The number of ether oxygens (including phenoxy) is 2. The molecule has 3 aromatic rings. The lowest BCUT2D eigenvalue weighted by atomic mass is 10.2. The van der Waals surface area contributed by atoms with Crippen molar-refractivity contribution in [2.45, 2.75) is 13.5 Å². The van der Waals surface area contributed by atoms with Crippen molar-refractivity contribution in [1.29, 1.82) is 0 Å². The van der Waals surface area contributed by atoms with E-state index in [1.807, 2.05) is 37.3 Å². The summed E-state index contributed by atoms with van der Waals surface area (Å²) in [5, 5.41) is 6.38. The monoisotopic (exact) mass is 350 g/mol. The molecule has 1 aromatic carbocycles. The van der Waals surface area contributed by atoms with Gasteiger partial charge in [-0.25, -0.2) is 15.0 Å². The van der Waals surface area contributed by atoms with Crippen molar-refractivity contribution < 1.29 is 9.47 Å². The largest absolute Gasteiger partial charge is 0.454 e. The lowest BCUT2D eigenvalue weighted by Crippen LogP contribution is -2.08. The summed E-state index contributed by atoms with van der Waals surface area (Å²) in [6, 6.07) is 9.63. The smallest absolute Gasteiger partial charge is 0.231 e. The molecule has 8 heteroatoms. The van der Waals surface area contributed by atoms with Crippen LogP contribution in [-0.4, -0.2) is 21.7 Å². The number of nitrogens with one attached hydrogen (secondary N) is 2. The number of fused-ring (bicyclic) bond motifs is 1. The molecular formula is C18H18N6O2. The van der Waals surface area contributed by atoms with Gasteiger partial charge in [-0.1, -0.05) is 12.1 Å². The maximum atomic E-state index is 6.21. The van der Waals surface area contributed by atoms with Crippen LogP contribution in [-0.2, 0) is 6.54 Å². The molecule has 0 bridgehead atoms. The zero-order chi connectivity index (χ0) is 17.9. The summed E-state index contributed by atoms with van der Waals surface area (Å²) in [5.41, 5.74) is 8.67. The number of rotatable bonds is 5. The predicted molar refractivity (Wildman–Crippen MR) is 98.6 cm³/mol. The van der Waals surface area contributed by atoms with E-state index >= 15 is 0 Å². The van der Waals surface area contributed by atoms with Crippen LogP contribution in [0.2, 0.25) is 0 Å². The Bertz CT molecular complexity index is 947. The second-order valence-electron chi connectivity index (χ2n) is 5.82. The first-order valence-corrected chi connectivity index (χ1v) is 8.12. The Morgan fingerprint density at radius 2 is 1.88 bits per heavy atom. The van der Waals surface area contributed by atoms with Crippen molar-refractivity contribution in [1.82, 2.24) is 15.0 Å². The van der Waals surface area contributed by atoms with Crippen LogP contribution in [0.1, 0.15) is 11.1 Å². The number of nitrogens with two attached hydrogens (primary N) is 1. The van der Waals surface area contributed by atoms with E-state index in [1.165, 1.54) is 6.33 Å². The number of aryl methyl sites for hydroxylation is 1. The normalized spacial score (nSPS) is 12.0. The maximum Gasteiger partial charge on any atom is 0.231 e. The Kier molecular flexibility index (Phi) is 4.14. The number of benzene rings is 1. The second kappa shape index (κ2) is 6.75. The van der Waals surface area contributed by atoms with E-state index in [4.69, 9.17) is 15.2 Å². The van der Waals surface area contributed by atoms with Crippen molar-refractivity contribution in [3.05, 3.63) is 54.0 Å². The lowest BCUT2D eigenvalue weighted by Gasteiger charge is -2.13. The van der Waals surface area contributed by atoms with Crippen LogP contribution in [0.25, 0.3) is 0 Å². The Labute approximate surface area is 150 Å². The van der Waals surface area contributed by atoms with Gasteiger partial charge in [0.15, 0.2) is 23.1 Å². The molecular weight excluding hydrogens is 332 g/mol. The van der Waals surface area contributed by atoms with Gasteiger partial charge in [-0.2, -0.15) is 0 Å². The first-order valence-electron chi connectivity index (χ1n) is 8.12. The fraction of sp³-hybridized carbons (Fsp3) is 0.167. The number of anilines is 4. The van der Waals surface area contributed by atoms with E-state index < -0.39 is 0 Å². The quantitative estimate of drug-likeness (QED) is 0.645. The Morgan fingerprint density at radius 1 is 1.04 bits per heavy atom. The summed E-state index contributed by atoms with van der Waals surface area (Å²) in [7, 11) is 0. The molecule has 0 saturated carbocycles. The van der Waals surface area contributed by atoms with E-state index in [2.05, 4.69) is 25.6 Å². The number of pyridine rings is 1. The lowest BCUT2D eigenvalue weighted by molar-refractivity contribution is 0.174. The average Bonchev–Trinajstić information content (AvgIpc) is 3.12. The SMILES string of the molecule is Cc1cccnc1Nc1ncnc(NCc2ccc3c(c2)OCO3)c1N. The van der Waals surface area contributed by atoms with Gasteiger partial charge in [0.25, 0.3) is 0 Å². The molecule has 0 atom stereocenters. The highest BCUT2D eigenvalue weighted by molar-refractivity contribution is 5.77. The fourth-order valence-electron chi connectivity index (χ4n) is 2.60. The molecule has 3 heterocycles. The molecule has 1 aliphatic heterocycles. The molecule has 26 heavy (non-hydrogen) atoms. The summed E-state index contributed by atoms with van der Waals surface area (Å²) < 4.78 is 10.7. The van der Waals surface area contributed by atoms with Gasteiger partial charge >= 0.3 is 0 Å². The standard InChI is InChI=1S/C18H18N6O2/c1-11-3-2-6-20-16(11)24-18-15(19)17(22-9-23-18)21-8-12-4-5-13-14(7-12)26-10-25-13/h2-7,9H,8,10,19H2,1H3,(H2,20,21,22,23,24). The molecule has 0 radical (unpaired) electrons. The van der Waals surface area contributed by atoms with Gasteiger partial charge in [0.05, 0.1) is 0 Å². The molecule has 8 nitrogen and oxygen atoms in total. The molecule has 4 N–H and O–H groups in total. The topological polar surface area (TPSA) is 107 Å². The van der Waals surface area contributed by atoms with Gasteiger partial charge < -0.3 is 25.8 Å². The third kappa shape index (κ3) is 3.16. The first kappa shape index (κ1) is 15.9. The average molecular weight is 350 g/mol. The molecule has 132 valence electrons. The molecule has 0 saturated heterocycles. The van der Waals surface area contributed by atoms with Crippen LogP contribution >= 0.6 is 0 Å². The molecule has 4 rings (SSSR count). The summed E-state index contributed by atoms with van der Waals surface area (Å²) in [5.74, 6) is 3.27. The van der Waals surface area contributed by atoms with Crippen molar-refractivity contribution in [2.24, 2.45) is 0 Å². The van der Waals surface area contributed by atoms with E-state index in [0.717, 1.165) is 22.6 Å². The zero-order valence-electron chi connectivity index (χ0n) is 14.2. The van der Waals surface area contributed by atoms with Gasteiger partial charge in [0, 0.05) is 12.7 Å². The summed E-state index contributed by atoms with van der Waals surface area (Å²) in [6.07, 6.45) is 3.17. The maximum absolute atomic E-state index is 6.21. The van der Waals surface area contributed by atoms with Crippen LogP contribution in [0.5, 0.6) is 11.5 Å². The fourth-order valence-corrected chi connectivity index (χ4v) is 2.60. The Hall–Kier alpha value is -3.55. The highest BCUT2D eigenvalue weighted by atomic mass is 16.7. The molecule has 0 amide bonds. The highest BCUT2D eigenvalue weighted by Crippen LogP contribution is 2.33. The molecule has 0 aliphatic carbocycles.